The summed E-state index contributed by atoms with van der Waals surface area (Å²) in [5.74, 6) is 1.06. The number of aromatic nitrogens is 5. The third kappa shape index (κ3) is 3.85. The van der Waals surface area contributed by atoms with Crippen molar-refractivity contribution in [3.05, 3.63) is 54.4 Å². The minimum atomic E-state index is -0.346. The zero-order chi connectivity index (χ0) is 17.8. The Labute approximate surface area is 145 Å². The highest BCUT2D eigenvalue weighted by molar-refractivity contribution is 5.87. The van der Waals surface area contributed by atoms with Gasteiger partial charge in [-0.05, 0) is 32.4 Å². The molecule has 0 unspecified atom stereocenters. The Morgan fingerprint density at radius 2 is 2.08 bits per heavy atom. The Morgan fingerprint density at radius 3 is 2.76 bits per heavy atom. The predicted octanol–water partition coefficient (Wildman–Crippen LogP) is 2.67. The maximum atomic E-state index is 12.1. The van der Waals surface area contributed by atoms with Gasteiger partial charge < -0.3 is 9.88 Å². The highest BCUT2D eigenvalue weighted by atomic mass is 16.2. The van der Waals surface area contributed by atoms with Gasteiger partial charge in [-0.3, -0.25) is 5.32 Å². The summed E-state index contributed by atoms with van der Waals surface area (Å²) < 4.78 is 3.67. The van der Waals surface area contributed by atoms with E-state index in [1.165, 1.54) is 0 Å². The molecule has 0 bridgehead atoms. The first kappa shape index (κ1) is 16.7. The van der Waals surface area contributed by atoms with Crippen LogP contribution in [0.5, 0.6) is 0 Å². The number of para-hydroxylation sites is 1. The second-order valence-electron chi connectivity index (χ2n) is 5.93. The maximum absolute atomic E-state index is 12.1. The van der Waals surface area contributed by atoms with Crippen LogP contribution >= 0.6 is 0 Å². The number of carbonyl (C=O) groups excluding carboxylic acids is 1. The molecule has 0 saturated carbocycles. The van der Waals surface area contributed by atoms with Crippen molar-refractivity contribution >= 4 is 12.0 Å². The molecule has 25 heavy (non-hydrogen) atoms. The summed E-state index contributed by atoms with van der Waals surface area (Å²) in [7, 11) is 0. The van der Waals surface area contributed by atoms with Gasteiger partial charge >= 0.3 is 6.03 Å². The van der Waals surface area contributed by atoms with E-state index in [0.717, 1.165) is 17.1 Å². The van der Waals surface area contributed by atoms with Gasteiger partial charge in [-0.15, -0.1) is 5.10 Å². The van der Waals surface area contributed by atoms with Crippen molar-refractivity contribution < 1.29 is 4.79 Å². The molecular formula is C17H21N7O. The van der Waals surface area contributed by atoms with Gasteiger partial charge in [0.05, 0.1) is 12.0 Å². The summed E-state index contributed by atoms with van der Waals surface area (Å²) in [5, 5.41) is 9.79. The zero-order valence-corrected chi connectivity index (χ0v) is 14.5. The summed E-state index contributed by atoms with van der Waals surface area (Å²) in [6.07, 6.45) is 5.31. The molecular weight excluding hydrogens is 318 g/mol. The van der Waals surface area contributed by atoms with Crippen LogP contribution in [0.1, 0.15) is 31.3 Å². The number of anilines is 1. The van der Waals surface area contributed by atoms with E-state index in [1.807, 2.05) is 55.8 Å². The van der Waals surface area contributed by atoms with E-state index < -0.39 is 0 Å². The van der Waals surface area contributed by atoms with Crippen LogP contribution in [-0.4, -0.2) is 30.3 Å². The standard InChI is InChI=1S/C17H21N7O/c1-12(2)24-13(3)20-16(22-24)21-17(25)19-10-14-6-4-5-7-15(14)23-9-8-18-11-23/h4-9,11-12H,10H2,1-3H3,(H2,19,21,22,25). The minimum absolute atomic E-state index is 0.188. The number of carbonyl (C=O) groups is 1. The van der Waals surface area contributed by atoms with Crippen LogP contribution in [0, 0.1) is 6.92 Å². The molecule has 2 N–H and O–H groups in total. The third-order valence-electron chi connectivity index (χ3n) is 3.73. The number of hydrogen-bond donors (Lipinski definition) is 2. The van der Waals surface area contributed by atoms with E-state index in [9.17, 15) is 4.79 Å². The molecule has 2 heterocycles. The molecule has 2 aromatic heterocycles. The van der Waals surface area contributed by atoms with Crippen LogP contribution in [-0.2, 0) is 6.54 Å². The average molecular weight is 339 g/mol. The minimum Gasteiger partial charge on any atom is -0.334 e. The van der Waals surface area contributed by atoms with Crippen LogP contribution in [0.2, 0.25) is 0 Å². The first-order chi connectivity index (χ1) is 12.0. The molecule has 3 aromatic rings. The fraction of sp³-hybridized carbons (Fsp3) is 0.294. The van der Waals surface area contributed by atoms with Gasteiger partial charge in [-0.25, -0.2) is 14.5 Å². The van der Waals surface area contributed by atoms with Crippen LogP contribution in [0.15, 0.2) is 43.0 Å². The summed E-state index contributed by atoms with van der Waals surface area (Å²) >= 11 is 0. The molecule has 1 aromatic carbocycles. The Morgan fingerprint density at radius 1 is 1.28 bits per heavy atom. The molecule has 2 amide bonds. The van der Waals surface area contributed by atoms with Gasteiger partial charge in [-0.2, -0.15) is 4.98 Å². The number of nitrogens with one attached hydrogen (secondary N) is 2. The highest BCUT2D eigenvalue weighted by Gasteiger charge is 2.12. The van der Waals surface area contributed by atoms with Gasteiger partial charge in [0.1, 0.15) is 5.82 Å². The number of imidazole rings is 1. The molecule has 0 aliphatic carbocycles. The zero-order valence-electron chi connectivity index (χ0n) is 14.5. The SMILES string of the molecule is Cc1nc(NC(=O)NCc2ccccc2-n2ccnc2)nn1C(C)C. The molecule has 0 atom stereocenters. The quantitative estimate of drug-likeness (QED) is 0.748. The van der Waals surface area contributed by atoms with E-state index in [-0.39, 0.29) is 12.1 Å². The summed E-state index contributed by atoms with van der Waals surface area (Å²) in [4.78, 5) is 20.5. The fourth-order valence-corrected chi connectivity index (χ4v) is 2.58. The lowest BCUT2D eigenvalue weighted by molar-refractivity contribution is 0.251. The monoisotopic (exact) mass is 339 g/mol. The van der Waals surface area contributed by atoms with Crippen molar-refractivity contribution in [2.45, 2.75) is 33.4 Å². The van der Waals surface area contributed by atoms with Crippen LogP contribution in [0.3, 0.4) is 0 Å². The van der Waals surface area contributed by atoms with Crippen molar-refractivity contribution in [3.63, 3.8) is 0 Å². The van der Waals surface area contributed by atoms with Gasteiger partial charge in [0.25, 0.3) is 0 Å². The highest BCUT2D eigenvalue weighted by Crippen LogP contribution is 2.14. The summed E-state index contributed by atoms with van der Waals surface area (Å²) in [6.45, 7) is 6.26. The first-order valence-corrected chi connectivity index (χ1v) is 8.09. The van der Waals surface area contributed by atoms with Gasteiger partial charge in [0, 0.05) is 25.0 Å². The summed E-state index contributed by atoms with van der Waals surface area (Å²) in [6, 6.07) is 7.67. The smallest absolute Gasteiger partial charge is 0.321 e. The van der Waals surface area contributed by atoms with Crippen LogP contribution in [0.25, 0.3) is 5.69 Å². The number of benzene rings is 1. The molecule has 0 fully saturated rings. The third-order valence-corrected chi connectivity index (χ3v) is 3.73. The predicted molar refractivity (Wildman–Crippen MR) is 94.6 cm³/mol. The Kier molecular flexibility index (Phi) is 4.78. The van der Waals surface area contributed by atoms with E-state index in [0.29, 0.717) is 12.5 Å². The molecule has 8 heteroatoms. The lowest BCUT2D eigenvalue weighted by Crippen LogP contribution is -2.29. The Bertz CT molecular complexity index is 852. The molecule has 0 aliphatic rings. The van der Waals surface area contributed by atoms with E-state index >= 15 is 0 Å². The van der Waals surface area contributed by atoms with Crippen molar-refractivity contribution in [3.8, 4) is 5.69 Å². The van der Waals surface area contributed by atoms with Crippen molar-refractivity contribution in [1.29, 1.82) is 0 Å². The van der Waals surface area contributed by atoms with Gasteiger partial charge in [0.15, 0.2) is 0 Å². The second-order valence-corrected chi connectivity index (χ2v) is 5.93. The van der Waals surface area contributed by atoms with Gasteiger partial charge in [0.2, 0.25) is 5.95 Å². The van der Waals surface area contributed by atoms with E-state index in [2.05, 4.69) is 25.7 Å². The topological polar surface area (TPSA) is 89.7 Å². The number of nitrogens with zero attached hydrogens (tertiary/aromatic N) is 5. The number of hydrogen-bond acceptors (Lipinski definition) is 4. The Balaban J connectivity index is 1.65. The van der Waals surface area contributed by atoms with Crippen molar-refractivity contribution in [2.24, 2.45) is 0 Å². The lowest BCUT2D eigenvalue weighted by Gasteiger charge is -2.11. The first-order valence-electron chi connectivity index (χ1n) is 8.09. The Hall–Kier alpha value is -3.16. The summed E-state index contributed by atoms with van der Waals surface area (Å²) in [5.41, 5.74) is 1.95. The van der Waals surface area contributed by atoms with Crippen LogP contribution in [0.4, 0.5) is 10.7 Å². The normalized spacial score (nSPS) is 10.9. The number of amides is 2. The fourth-order valence-electron chi connectivity index (χ4n) is 2.58. The molecule has 0 radical (unpaired) electrons. The molecule has 0 saturated heterocycles. The van der Waals surface area contributed by atoms with E-state index in [4.69, 9.17) is 0 Å². The largest absolute Gasteiger partial charge is 0.334 e. The van der Waals surface area contributed by atoms with Gasteiger partial charge in [-0.1, -0.05) is 18.2 Å². The average Bonchev–Trinajstić information content (AvgIpc) is 3.23. The number of rotatable bonds is 5. The number of urea groups is 1. The number of aryl methyl sites for hydroxylation is 1. The molecule has 8 nitrogen and oxygen atoms in total. The molecule has 0 spiro atoms. The van der Waals surface area contributed by atoms with Crippen molar-refractivity contribution in [1.82, 2.24) is 29.6 Å². The molecule has 130 valence electrons. The molecule has 0 aliphatic heterocycles. The lowest BCUT2D eigenvalue weighted by atomic mass is 10.2. The molecule has 3 rings (SSSR count). The van der Waals surface area contributed by atoms with E-state index in [1.54, 1.807) is 17.2 Å². The maximum Gasteiger partial charge on any atom is 0.321 e. The second kappa shape index (κ2) is 7.16. The van der Waals surface area contributed by atoms with Crippen molar-refractivity contribution in [2.75, 3.05) is 5.32 Å². The van der Waals surface area contributed by atoms with Crippen LogP contribution < -0.4 is 10.6 Å².